The SMILES string of the molecule is CCCCCCCCCCCC[C@H](CCO)OC(=O)OCCCN(C)C. The molecule has 0 aliphatic carbocycles. The van der Waals surface area contributed by atoms with Crippen molar-refractivity contribution >= 4 is 6.16 Å². The molecule has 0 radical (unpaired) electrons. The van der Waals surface area contributed by atoms with Gasteiger partial charge in [-0.3, -0.25) is 0 Å². The van der Waals surface area contributed by atoms with E-state index in [4.69, 9.17) is 14.6 Å². The van der Waals surface area contributed by atoms with Crippen LogP contribution in [0.3, 0.4) is 0 Å². The molecule has 0 bridgehead atoms. The molecule has 0 aromatic rings. The van der Waals surface area contributed by atoms with Crippen molar-refractivity contribution in [3.05, 3.63) is 0 Å². The molecule has 0 amide bonds. The molecule has 0 aliphatic rings. The van der Waals surface area contributed by atoms with Crippen LogP contribution in [0.4, 0.5) is 4.79 Å². The van der Waals surface area contributed by atoms with Gasteiger partial charge in [-0.15, -0.1) is 0 Å². The van der Waals surface area contributed by atoms with E-state index in [9.17, 15) is 4.79 Å². The summed E-state index contributed by atoms with van der Waals surface area (Å²) >= 11 is 0. The Labute approximate surface area is 161 Å². The monoisotopic (exact) mass is 373 g/mol. The van der Waals surface area contributed by atoms with E-state index in [1.807, 2.05) is 14.1 Å². The Bertz CT molecular complexity index is 310. The van der Waals surface area contributed by atoms with Crippen LogP contribution in [0.25, 0.3) is 0 Å². The van der Waals surface area contributed by atoms with Gasteiger partial charge in [0.2, 0.25) is 0 Å². The summed E-state index contributed by atoms with van der Waals surface area (Å²) in [5, 5.41) is 9.15. The lowest BCUT2D eigenvalue weighted by Crippen LogP contribution is -2.22. The lowest BCUT2D eigenvalue weighted by atomic mass is 10.0. The molecule has 5 nitrogen and oxygen atoms in total. The minimum absolute atomic E-state index is 0.0380. The summed E-state index contributed by atoms with van der Waals surface area (Å²) < 4.78 is 10.4. The van der Waals surface area contributed by atoms with Crippen molar-refractivity contribution in [3.63, 3.8) is 0 Å². The van der Waals surface area contributed by atoms with Crippen LogP contribution in [0.1, 0.15) is 90.4 Å². The van der Waals surface area contributed by atoms with Gasteiger partial charge in [0, 0.05) is 19.6 Å². The van der Waals surface area contributed by atoms with Crippen molar-refractivity contribution < 1.29 is 19.4 Å². The van der Waals surface area contributed by atoms with Gasteiger partial charge in [0.05, 0.1) is 6.61 Å². The Morgan fingerprint density at radius 1 is 0.885 bits per heavy atom. The molecule has 1 N–H and O–H groups in total. The normalized spacial score (nSPS) is 12.3. The number of nitrogens with zero attached hydrogens (tertiary/aromatic N) is 1. The number of unbranched alkanes of at least 4 members (excludes halogenated alkanes) is 9. The van der Waals surface area contributed by atoms with Gasteiger partial charge in [-0.05, 0) is 33.4 Å². The fraction of sp³-hybridized carbons (Fsp3) is 0.952. The molecule has 1 atom stereocenters. The average molecular weight is 374 g/mol. The Balaban J connectivity index is 3.64. The predicted molar refractivity (Wildman–Crippen MR) is 108 cm³/mol. The molecule has 0 aromatic heterocycles. The number of aliphatic hydroxyl groups excluding tert-OH is 1. The zero-order valence-electron chi connectivity index (χ0n) is 17.5. The van der Waals surface area contributed by atoms with Crippen LogP contribution in [0.5, 0.6) is 0 Å². The largest absolute Gasteiger partial charge is 0.508 e. The standard InChI is InChI=1S/C21H43NO4/c1-4-5-6-7-8-9-10-11-12-13-15-20(16-18-23)26-21(24)25-19-14-17-22(2)3/h20,23H,4-19H2,1-3H3/t20-/m1/s1. The van der Waals surface area contributed by atoms with Crippen molar-refractivity contribution in [1.82, 2.24) is 4.90 Å². The smallest absolute Gasteiger partial charge is 0.434 e. The zero-order valence-corrected chi connectivity index (χ0v) is 17.5. The first kappa shape index (κ1) is 25.2. The predicted octanol–water partition coefficient (Wildman–Crippen LogP) is 5.15. The van der Waals surface area contributed by atoms with E-state index < -0.39 is 6.16 Å². The molecule has 0 aromatic carbocycles. The molecule has 0 rings (SSSR count). The number of hydrogen-bond donors (Lipinski definition) is 1. The maximum absolute atomic E-state index is 11.7. The minimum Gasteiger partial charge on any atom is -0.434 e. The van der Waals surface area contributed by atoms with E-state index in [0.29, 0.717) is 13.0 Å². The maximum Gasteiger partial charge on any atom is 0.508 e. The highest BCUT2D eigenvalue weighted by Gasteiger charge is 2.14. The number of carbonyl (C=O) groups is 1. The third-order valence-corrected chi connectivity index (χ3v) is 4.56. The Kier molecular flexibility index (Phi) is 18.4. The number of ether oxygens (including phenoxy) is 2. The van der Waals surface area contributed by atoms with Crippen LogP contribution in [0, 0.1) is 0 Å². The molecular weight excluding hydrogens is 330 g/mol. The van der Waals surface area contributed by atoms with Gasteiger partial charge < -0.3 is 19.5 Å². The van der Waals surface area contributed by atoms with Crippen molar-refractivity contribution in [2.45, 2.75) is 96.5 Å². The number of hydrogen-bond acceptors (Lipinski definition) is 5. The molecule has 0 saturated carbocycles. The van der Waals surface area contributed by atoms with Crippen LogP contribution < -0.4 is 0 Å². The number of rotatable bonds is 18. The highest BCUT2D eigenvalue weighted by Crippen LogP contribution is 2.14. The molecular formula is C21H43NO4. The second-order valence-electron chi connectivity index (χ2n) is 7.48. The summed E-state index contributed by atoms with van der Waals surface area (Å²) in [5.74, 6) is 0. The van der Waals surface area contributed by atoms with Crippen LogP contribution >= 0.6 is 0 Å². The second kappa shape index (κ2) is 19.0. The van der Waals surface area contributed by atoms with E-state index in [2.05, 4.69) is 11.8 Å². The summed E-state index contributed by atoms with van der Waals surface area (Å²) in [6, 6.07) is 0. The van der Waals surface area contributed by atoms with Crippen molar-refractivity contribution in [3.8, 4) is 0 Å². The van der Waals surface area contributed by atoms with Gasteiger partial charge in [-0.25, -0.2) is 4.79 Å². The number of carbonyl (C=O) groups excluding carboxylic acids is 1. The lowest BCUT2D eigenvalue weighted by molar-refractivity contribution is 0.0107. The van der Waals surface area contributed by atoms with E-state index in [0.717, 1.165) is 32.2 Å². The van der Waals surface area contributed by atoms with E-state index in [1.165, 1.54) is 51.4 Å². The second-order valence-corrected chi connectivity index (χ2v) is 7.48. The first-order valence-electron chi connectivity index (χ1n) is 10.7. The van der Waals surface area contributed by atoms with Crippen molar-refractivity contribution in [1.29, 1.82) is 0 Å². The van der Waals surface area contributed by atoms with Gasteiger partial charge in [-0.2, -0.15) is 0 Å². The number of aliphatic hydroxyl groups is 1. The molecule has 156 valence electrons. The summed E-state index contributed by atoms with van der Waals surface area (Å²) in [6.45, 7) is 3.54. The van der Waals surface area contributed by atoms with Crippen LogP contribution in [0.2, 0.25) is 0 Å². The van der Waals surface area contributed by atoms with E-state index in [1.54, 1.807) is 0 Å². The van der Waals surface area contributed by atoms with Gasteiger partial charge >= 0.3 is 6.16 Å². The Hall–Kier alpha value is -0.810. The first-order chi connectivity index (χ1) is 12.6. The quantitative estimate of drug-likeness (QED) is 0.266. The van der Waals surface area contributed by atoms with E-state index in [-0.39, 0.29) is 12.7 Å². The van der Waals surface area contributed by atoms with Gasteiger partial charge in [-0.1, -0.05) is 64.7 Å². The molecule has 0 heterocycles. The summed E-state index contributed by atoms with van der Waals surface area (Å²) in [5.41, 5.74) is 0. The highest BCUT2D eigenvalue weighted by atomic mass is 16.7. The molecule has 26 heavy (non-hydrogen) atoms. The van der Waals surface area contributed by atoms with Crippen LogP contribution in [0.15, 0.2) is 0 Å². The van der Waals surface area contributed by atoms with E-state index >= 15 is 0 Å². The fourth-order valence-corrected chi connectivity index (χ4v) is 2.97. The van der Waals surface area contributed by atoms with Gasteiger partial charge in [0.15, 0.2) is 0 Å². The van der Waals surface area contributed by atoms with Crippen LogP contribution in [-0.4, -0.2) is 56.1 Å². The summed E-state index contributed by atoms with van der Waals surface area (Å²) in [6.07, 6.45) is 14.1. The first-order valence-corrected chi connectivity index (χ1v) is 10.7. The molecule has 0 unspecified atom stereocenters. The van der Waals surface area contributed by atoms with Gasteiger partial charge in [0.1, 0.15) is 6.10 Å². The summed E-state index contributed by atoms with van der Waals surface area (Å²) in [4.78, 5) is 13.8. The maximum atomic E-state index is 11.7. The summed E-state index contributed by atoms with van der Waals surface area (Å²) in [7, 11) is 3.98. The average Bonchev–Trinajstić information content (AvgIpc) is 2.60. The fourth-order valence-electron chi connectivity index (χ4n) is 2.97. The highest BCUT2D eigenvalue weighted by molar-refractivity contribution is 5.60. The Morgan fingerprint density at radius 3 is 2.00 bits per heavy atom. The van der Waals surface area contributed by atoms with Crippen molar-refractivity contribution in [2.75, 3.05) is 33.9 Å². The van der Waals surface area contributed by atoms with Gasteiger partial charge in [0.25, 0.3) is 0 Å². The topological polar surface area (TPSA) is 59.0 Å². The molecule has 0 fully saturated rings. The third-order valence-electron chi connectivity index (χ3n) is 4.56. The van der Waals surface area contributed by atoms with Crippen LogP contribution in [-0.2, 0) is 9.47 Å². The molecule has 5 heteroatoms. The Morgan fingerprint density at radius 2 is 1.46 bits per heavy atom. The molecule has 0 saturated heterocycles. The zero-order chi connectivity index (χ0) is 19.5. The van der Waals surface area contributed by atoms with Crippen molar-refractivity contribution in [2.24, 2.45) is 0 Å². The third kappa shape index (κ3) is 18.0. The lowest BCUT2D eigenvalue weighted by Gasteiger charge is -2.17. The molecule has 0 spiro atoms. The molecule has 0 aliphatic heterocycles. The minimum atomic E-state index is -0.603.